The Morgan fingerprint density at radius 3 is 2.81 bits per heavy atom. The smallest absolute Gasteiger partial charge is 0.231 e. The van der Waals surface area contributed by atoms with Crippen molar-refractivity contribution in [3.8, 4) is 28.5 Å². The maximum atomic E-state index is 5.65. The van der Waals surface area contributed by atoms with Crippen molar-refractivity contribution in [2.75, 3.05) is 19.2 Å². The number of benzene rings is 1. The Bertz CT molecular complexity index is 937. The third-order valence-electron chi connectivity index (χ3n) is 4.33. The highest BCUT2D eigenvalue weighted by atomic mass is 16.7. The molecule has 0 radical (unpaired) electrons. The monoisotopic (exact) mass is 353 g/mol. The first-order valence-electron chi connectivity index (χ1n) is 8.18. The Morgan fingerprint density at radius 2 is 2.12 bits per heavy atom. The van der Waals surface area contributed by atoms with Crippen molar-refractivity contribution in [1.82, 2.24) is 19.7 Å². The van der Waals surface area contributed by atoms with E-state index in [4.69, 9.17) is 14.2 Å². The fraction of sp³-hybridized carbons (Fsp3) is 0.278. The van der Waals surface area contributed by atoms with E-state index < -0.39 is 0 Å². The summed E-state index contributed by atoms with van der Waals surface area (Å²) in [6.45, 7) is 2.71. The lowest BCUT2D eigenvalue weighted by Crippen LogP contribution is -2.06. The maximum absolute atomic E-state index is 5.65. The van der Waals surface area contributed by atoms with Gasteiger partial charge in [-0.15, -0.1) is 10.2 Å². The number of nitrogens with zero attached hydrogens (tertiary/aromatic N) is 4. The molecule has 0 fully saturated rings. The molecular formula is C18H19N5O3. The summed E-state index contributed by atoms with van der Waals surface area (Å²) in [6, 6.07) is 7.81. The molecule has 1 aliphatic heterocycles. The molecular weight excluding hydrogens is 334 g/mol. The van der Waals surface area contributed by atoms with Gasteiger partial charge in [0.25, 0.3) is 0 Å². The first kappa shape index (κ1) is 16.2. The minimum Gasteiger partial charge on any atom is -0.481 e. The fourth-order valence-electron chi connectivity index (χ4n) is 2.79. The molecule has 0 bridgehead atoms. The van der Waals surface area contributed by atoms with Crippen molar-refractivity contribution in [1.29, 1.82) is 0 Å². The molecule has 0 unspecified atom stereocenters. The van der Waals surface area contributed by atoms with E-state index in [0.29, 0.717) is 18.4 Å². The Morgan fingerprint density at radius 1 is 1.23 bits per heavy atom. The average molecular weight is 353 g/mol. The number of pyridine rings is 1. The number of aromatic nitrogens is 4. The van der Waals surface area contributed by atoms with Crippen molar-refractivity contribution in [2.45, 2.75) is 13.5 Å². The molecule has 134 valence electrons. The van der Waals surface area contributed by atoms with Crippen LogP contribution >= 0.6 is 0 Å². The van der Waals surface area contributed by atoms with Gasteiger partial charge < -0.3 is 24.1 Å². The number of hydrogen-bond acceptors (Lipinski definition) is 7. The van der Waals surface area contributed by atoms with Gasteiger partial charge in [0.15, 0.2) is 11.5 Å². The van der Waals surface area contributed by atoms with E-state index in [-0.39, 0.29) is 6.79 Å². The van der Waals surface area contributed by atoms with E-state index in [1.165, 1.54) is 0 Å². The predicted octanol–water partition coefficient (Wildman–Crippen LogP) is 2.53. The predicted molar refractivity (Wildman–Crippen MR) is 95.4 cm³/mol. The molecule has 26 heavy (non-hydrogen) atoms. The molecule has 3 aromatic rings. The quantitative estimate of drug-likeness (QED) is 0.754. The van der Waals surface area contributed by atoms with Gasteiger partial charge in [-0.05, 0) is 30.7 Å². The number of rotatable bonds is 5. The van der Waals surface area contributed by atoms with Crippen LogP contribution in [0.4, 0.5) is 5.95 Å². The van der Waals surface area contributed by atoms with Crippen molar-refractivity contribution in [3.05, 3.63) is 41.9 Å². The van der Waals surface area contributed by atoms with Crippen LogP contribution in [0.2, 0.25) is 0 Å². The van der Waals surface area contributed by atoms with Crippen LogP contribution in [-0.4, -0.2) is 33.7 Å². The van der Waals surface area contributed by atoms with Crippen LogP contribution in [0.25, 0.3) is 11.1 Å². The summed E-state index contributed by atoms with van der Waals surface area (Å²) in [6.07, 6.45) is 1.76. The van der Waals surface area contributed by atoms with Crippen molar-refractivity contribution in [2.24, 2.45) is 7.05 Å². The van der Waals surface area contributed by atoms with Gasteiger partial charge in [-0.1, -0.05) is 0 Å². The molecule has 0 aliphatic carbocycles. The lowest BCUT2D eigenvalue weighted by atomic mass is 10.0. The van der Waals surface area contributed by atoms with Crippen LogP contribution < -0.4 is 19.5 Å². The van der Waals surface area contributed by atoms with Crippen LogP contribution in [0.1, 0.15) is 11.4 Å². The van der Waals surface area contributed by atoms with E-state index in [1.54, 1.807) is 13.3 Å². The van der Waals surface area contributed by atoms with Crippen molar-refractivity contribution < 1.29 is 14.2 Å². The Kier molecular flexibility index (Phi) is 4.08. The SMILES string of the molecule is COc1ccc(-c2cc(CNc3nnc(C)n3C)cc3c2OCO3)cn1. The Labute approximate surface area is 150 Å². The molecule has 0 spiro atoms. The normalized spacial score (nSPS) is 12.3. The summed E-state index contributed by atoms with van der Waals surface area (Å²) >= 11 is 0. The van der Waals surface area contributed by atoms with Gasteiger partial charge >= 0.3 is 0 Å². The second-order valence-electron chi connectivity index (χ2n) is 5.95. The zero-order valence-corrected chi connectivity index (χ0v) is 14.8. The molecule has 2 aromatic heterocycles. The minimum absolute atomic E-state index is 0.214. The van der Waals surface area contributed by atoms with Crippen LogP contribution in [0, 0.1) is 6.92 Å². The molecule has 1 aromatic carbocycles. The molecule has 0 saturated carbocycles. The molecule has 8 heteroatoms. The summed E-state index contributed by atoms with van der Waals surface area (Å²) in [5.74, 6) is 3.59. The second-order valence-corrected chi connectivity index (χ2v) is 5.95. The molecule has 4 rings (SSSR count). The minimum atomic E-state index is 0.214. The lowest BCUT2D eigenvalue weighted by Gasteiger charge is -2.11. The largest absolute Gasteiger partial charge is 0.481 e. The van der Waals surface area contributed by atoms with E-state index >= 15 is 0 Å². The third kappa shape index (κ3) is 2.90. The Balaban J connectivity index is 1.65. The number of fused-ring (bicyclic) bond motifs is 1. The first-order valence-corrected chi connectivity index (χ1v) is 8.18. The van der Waals surface area contributed by atoms with Gasteiger partial charge in [-0.3, -0.25) is 0 Å². The van der Waals surface area contributed by atoms with Crippen LogP contribution in [0.15, 0.2) is 30.5 Å². The molecule has 0 saturated heterocycles. The number of methoxy groups -OCH3 is 1. The van der Waals surface area contributed by atoms with E-state index in [9.17, 15) is 0 Å². The first-order chi connectivity index (χ1) is 12.7. The van der Waals surface area contributed by atoms with Crippen LogP contribution in [-0.2, 0) is 13.6 Å². The Hall–Kier alpha value is -3.29. The summed E-state index contributed by atoms with van der Waals surface area (Å²) in [7, 11) is 3.52. The molecule has 0 atom stereocenters. The zero-order chi connectivity index (χ0) is 18.1. The third-order valence-corrected chi connectivity index (χ3v) is 4.33. The van der Waals surface area contributed by atoms with Gasteiger partial charge in [-0.2, -0.15) is 0 Å². The second kappa shape index (κ2) is 6.55. The molecule has 8 nitrogen and oxygen atoms in total. The summed E-state index contributed by atoms with van der Waals surface area (Å²) in [5, 5.41) is 11.5. The number of ether oxygens (including phenoxy) is 3. The lowest BCUT2D eigenvalue weighted by molar-refractivity contribution is 0.174. The number of hydrogen-bond donors (Lipinski definition) is 1. The number of anilines is 1. The highest BCUT2D eigenvalue weighted by Crippen LogP contribution is 2.42. The molecule has 1 N–H and O–H groups in total. The fourth-order valence-corrected chi connectivity index (χ4v) is 2.79. The standard InChI is InChI=1S/C18H19N5O3/c1-11-21-22-18(23(11)2)20-8-12-6-14(17-15(7-12)25-10-26-17)13-4-5-16(24-3)19-9-13/h4-7,9H,8,10H2,1-3H3,(H,20,22). The molecule has 3 heterocycles. The van der Waals surface area contributed by atoms with Gasteiger partial charge in [0.05, 0.1) is 7.11 Å². The van der Waals surface area contributed by atoms with Crippen molar-refractivity contribution in [3.63, 3.8) is 0 Å². The highest BCUT2D eigenvalue weighted by molar-refractivity contribution is 5.75. The van der Waals surface area contributed by atoms with Crippen LogP contribution in [0.5, 0.6) is 17.4 Å². The van der Waals surface area contributed by atoms with Gasteiger partial charge in [0.2, 0.25) is 18.6 Å². The maximum Gasteiger partial charge on any atom is 0.231 e. The van der Waals surface area contributed by atoms with E-state index in [2.05, 4.69) is 26.6 Å². The molecule has 0 amide bonds. The highest BCUT2D eigenvalue weighted by Gasteiger charge is 2.21. The van der Waals surface area contributed by atoms with Gasteiger partial charge in [0, 0.05) is 37.0 Å². The van der Waals surface area contributed by atoms with E-state index in [1.807, 2.05) is 36.7 Å². The van der Waals surface area contributed by atoms with Gasteiger partial charge in [0.1, 0.15) is 5.82 Å². The molecule has 1 aliphatic rings. The number of aryl methyl sites for hydroxylation is 1. The van der Waals surface area contributed by atoms with Gasteiger partial charge in [-0.25, -0.2) is 4.98 Å². The number of nitrogens with one attached hydrogen (secondary N) is 1. The van der Waals surface area contributed by atoms with Crippen LogP contribution in [0.3, 0.4) is 0 Å². The average Bonchev–Trinajstić information content (AvgIpc) is 3.27. The summed E-state index contributed by atoms with van der Waals surface area (Å²) < 4.78 is 18.3. The summed E-state index contributed by atoms with van der Waals surface area (Å²) in [4.78, 5) is 4.28. The topological polar surface area (TPSA) is 83.3 Å². The zero-order valence-electron chi connectivity index (χ0n) is 14.8. The summed E-state index contributed by atoms with van der Waals surface area (Å²) in [5.41, 5.74) is 2.91. The van der Waals surface area contributed by atoms with Crippen molar-refractivity contribution >= 4 is 5.95 Å². The van der Waals surface area contributed by atoms with E-state index in [0.717, 1.165) is 34.0 Å².